The number of hydrogen-bond donors (Lipinski definition) is 0. The van der Waals surface area contributed by atoms with Crippen molar-refractivity contribution in [2.24, 2.45) is 5.92 Å². The van der Waals surface area contributed by atoms with Crippen molar-refractivity contribution in [3.63, 3.8) is 0 Å². The monoisotopic (exact) mass is 201 g/mol. The van der Waals surface area contributed by atoms with Crippen molar-refractivity contribution in [2.45, 2.75) is 20.0 Å². The third-order valence-electron chi connectivity index (χ3n) is 1.78. The lowest BCUT2D eigenvalue weighted by molar-refractivity contribution is -0.138. The quantitative estimate of drug-likeness (QED) is 0.680. The minimum absolute atomic E-state index is 0.110. The van der Waals surface area contributed by atoms with Gasteiger partial charge in [-0.05, 0) is 24.0 Å². The van der Waals surface area contributed by atoms with E-state index >= 15 is 0 Å². The second-order valence-electron chi connectivity index (χ2n) is 3.50. The summed E-state index contributed by atoms with van der Waals surface area (Å²) in [6, 6.07) is 5.61. The van der Waals surface area contributed by atoms with Crippen molar-refractivity contribution in [3.05, 3.63) is 41.8 Å². The smallest absolute Gasteiger partial charge is 0.166 e. The molecule has 0 amide bonds. The Balaban J connectivity index is 3.04. The first-order chi connectivity index (χ1) is 6.41. The Labute approximate surface area is 81.8 Å². The van der Waals surface area contributed by atoms with Crippen molar-refractivity contribution in [2.75, 3.05) is 0 Å². The molecule has 0 aliphatic rings. The van der Waals surface area contributed by atoms with Crippen LogP contribution in [0.1, 0.15) is 25.0 Å². The highest BCUT2D eigenvalue weighted by Crippen LogP contribution is 2.33. The van der Waals surface area contributed by atoms with E-state index in [4.69, 9.17) is 0 Å². The third kappa shape index (κ3) is 2.76. The zero-order chi connectivity index (χ0) is 10.8. The van der Waals surface area contributed by atoms with Gasteiger partial charge in [-0.15, -0.1) is 0 Å². The minimum Gasteiger partial charge on any atom is -0.166 e. The van der Waals surface area contributed by atoms with Crippen LogP contribution in [0.3, 0.4) is 0 Å². The summed E-state index contributed by atoms with van der Waals surface area (Å²) >= 11 is 0. The molecule has 14 heavy (non-hydrogen) atoms. The van der Waals surface area contributed by atoms with E-state index < -0.39 is 11.7 Å². The summed E-state index contributed by atoms with van der Waals surface area (Å²) in [4.78, 5) is 0. The molecular formula is C11H12F3. The van der Waals surface area contributed by atoms with Gasteiger partial charge >= 0.3 is 6.18 Å². The summed E-state index contributed by atoms with van der Waals surface area (Å²) in [5.41, 5.74) is -0.302. The topological polar surface area (TPSA) is 0 Å². The Hall–Kier alpha value is -0.990. The summed E-state index contributed by atoms with van der Waals surface area (Å²) in [5, 5.41) is 0. The molecule has 0 heterocycles. The molecule has 0 nitrogen and oxygen atoms in total. The molecule has 0 unspecified atom stereocenters. The molecule has 1 aromatic rings. The molecule has 0 saturated heterocycles. The van der Waals surface area contributed by atoms with Gasteiger partial charge in [-0.25, -0.2) is 0 Å². The van der Waals surface area contributed by atoms with Gasteiger partial charge in [-0.3, -0.25) is 0 Å². The highest BCUT2D eigenvalue weighted by atomic mass is 19.4. The van der Waals surface area contributed by atoms with Gasteiger partial charge < -0.3 is 0 Å². The Bertz CT molecular complexity index is 300. The zero-order valence-corrected chi connectivity index (χ0v) is 8.10. The van der Waals surface area contributed by atoms with Gasteiger partial charge in [0.15, 0.2) is 0 Å². The first-order valence-electron chi connectivity index (χ1n) is 4.42. The maximum Gasteiger partial charge on any atom is 0.416 e. The van der Waals surface area contributed by atoms with Crippen LogP contribution in [0, 0.1) is 12.3 Å². The third-order valence-corrected chi connectivity index (χ3v) is 1.78. The fourth-order valence-electron chi connectivity index (χ4n) is 1.26. The predicted molar refractivity (Wildman–Crippen MR) is 49.7 cm³/mol. The first kappa shape index (κ1) is 11.1. The van der Waals surface area contributed by atoms with Crippen molar-refractivity contribution in [1.82, 2.24) is 0 Å². The van der Waals surface area contributed by atoms with Crippen LogP contribution >= 0.6 is 0 Å². The van der Waals surface area contributed by atoms with Crippen LogP contribution < -0.4 is 0 Å². The lowest BCUT2D eigenvalue weighted by atomic mass is 9.98. The highest BCUT2D eigenvalue weighted by molar-refractivity contribution is 5.35. The van der Waals surface area contributed by atoms with E-state index in [0.29, 0.717) is 0 Å². The van der Waals surface area contributed by atoms with Crippen LogP contribution in [0.15, 0.2) is 24.3 Å². The number of hydrogen-bond acceptors (Lipinski definition) is 0. The zero-order valence-electron chi connectivity index (χ0n) is 8.10. The normalized spacial score (nSPS) is 12.1. The maximum atomic E-state index is 12.5. The van der Waals surface area contributed by atoms with E-state index in [1.165, 1.54) is 12.1 Å². The van der Waals surface area contributed by atoms with Crippen LogP contribution in [0.2, 0.25) is 0 Å². The Kier molecular flexibility index (Phi) is 3.19. The fourth-order valence-corrected chi connectivity index (χ4v) is 1.26. The van der Waals surface area contributed by atoms with E-state index in [-0.39, 0.29) is 11.5 Å². The largest absolute Gasteiger partial charge is 0.416 e. The second kappa shape index (κ2) is 4.03. The van der Waals surface area contributed by atoms with E-state index in [2.05, 4.69) is 0 Å². The van der Waals surface area contributed by atoms with Crippen LogP contribution in [-0.2, 0) is 6.18 Å². The lowest BCUT2D eigenvalue weighted by Gasteiger charge is -2.13. The number of benzene rings is 1. The van der Waals surface area contributed by atoms with Gasteiger partial charge in [0.2, 0.25) is 0 Å². The minimum atomic E-state index is -4.26. The second-order valence-corrected chi connectivity index (χ2v) is 3.50. The van der Waals surface area contributed by atoms with Crippen LogP contribution in [0.4, 0.5) is 13.2 Å². The molecule has 1 rings (SSSR count). The van der Waals surface area contributed by atoms with Gasteiger partial charge in [-0.1, -0.05) is 32.0 Å². The molecule has 0 spiro atoms. The van der Waals surface area contributed by atoms with E-state index in [9.17, 15) is 13.2 Å². The Morgan fingerprint density at radius 2 is 1.71 bits per heavy atom. The fraction of sp³-hybridized carbons (Fsp3) is 0.364. The average Bonchev–Trinajstić information content (AvgIpc) is 2.01. The van der Waals surface area contributed by atoms with Gasteiger partial charge in [0.25, 0.3) is 0 Å². The van der Waals surface area contributed by atoms with Crippen LogP contribution in [0.25, 0.3) is 0 Å². The lowest BCUT2D eigenvalue weighted by Crippen LogP contribution is -2.09. The highest BCUT2D eigenvalue weighted by Gasteiger charge is 2.32. The molecule has 3 heteroatoms. The van der Waals surface area contributed by atoms with Gasteiger partial charge in [0, 0.05) is 0 Å². The Morgan fingerprint density at radius 1 is 1.14 bits per heavy atom. The molecule has 77 valence electrons. The molecule has 0 aromatic heterocycles. The molecule has 0 saturated carbocycles. The SMILES string of the molecule is CC(C)[CH]c1ccccc1C(F)(F)F. The summed E-state index contributed by atoms with van der Waals surface area (Å²) in [5.74, 6) is 0.110. The number of rotatable bonds is 2. The summed E-state index contributed by atoms with van der Waals surface area (Å²) in [6.07, 6.45) is -2.65. The van der Waals surface area contributed by atoms with E-state index in [0.717, 1.165) is 6.07 Å². The van der Waals surface area contributed by atoms with Gasteiger partial charge in [0.1, 0.15) is 0 Å². The van der Waals surface area contributed by atoms with Crippen molar-refractivity contribution in [1.29, 1.82) is 0 Å². The van der Waals surface area contributed by atoms with Crippen molar-refractivity contribution < 1.29 is 13.2 Å². The van der Waals surface area contributed by atoms with E-state index in [1.54, 1.807) is 12.5 Å². The van der Waals surface area contributed by atoms with Crippen molar-refractivity contribution >= 4 is 0 Å². The molecule has 1 radical (unpaired) electrons. The standard InChI is InChI=1S/C11H12F3/c1-8(2)7-9-5-3-4-6-10(9)11(12,13)14/h3-8H,1-2H3. The molecule has 0 aliphatic carbocycles. The first-order valence-corrected chi connectivity index (χ1v) is 4.42. The molecular weight excluding hydrogens is 189 g/mol. The maximum absolute atomic E-state index is 12.5. The molecule has 0 atom stereocenters. The summed E-state index contributed by atoms with van der Waals surface area (Å²) < 4.78 is 37.4. The number of halogens is 3. The summed E-state index contributed by atoms with van der Waals surface area (Å²) in [7, 11) is 0. The van der Waals surface area contributed by atoms with Crippen LogP contribution in [0.5, 0.6) is 0 Å². The molecule has 0 bridgehead atoms. The van der Waals surface area contributed by atoms with Crippen molar-refractivity contribution in [3.8, 4) is 0 Å². The molecule has 0 N–H and O–H groups in total. The average molecular weight is 201 g/mol. The summed E-state index contributed by atoms with van der Waals surface area (Å²) in [6.45, 7) is 3.71. The molecule has 0 fully saturated rings. The van der Waals surface area contributed by atoms with E-state index in [1.807, 2.05) is 13.8 Å². The predicted octanol–water partition coefficient (Wildman–Crippen LogP) is 3.91. The van der Waals surface area contributed by atoms with Gasteiger partial charge in [0.05, 0.1) is 5.56 Å². The molecule has 0 aliphatic heterocycles. The Morgan fingerprint density at radius 3 is 2.21 bits per heavy atom. The molecule has 1 aromatic carbocycles. The number of alkyl halides is 3. The van der Waals surface area contributed by atoms with Gasteiger partial charge in [-0.2, -0.15) is 13.2 Å². The van der Waals surface area contributed by atoms with Crippen LogP contribution in [-0.4, -0.2) is 0 Å².